The topological polar surface area (TPSA) is 0 Å². The molecule has 44 valence electrons. The number of hydrogen-bond donors (Lipinski definition) is 0. The summed E-state index contributed by atoms with van der Waals surface area (Å²) >= 11 is 0. The van der Waals surface area contributed by atoms with Crippen molar-refractivity contribution in [1.29, 1.82) is 0 Å². The van der Waals surface area contributed by atoms with E-state index in [1.807, 2.05) is 12.2 Å². The molecule has 0 atom stereocenters. The second kappa shape index (κ2) is 16.7. The van der Waals surface area contributed by atoms with Gasteiger partial charge >= 0.3 is 0 Å². The number of allylic oxidation sites excluding steroid dienone is 4. The highest BCUT2D eigenvalue weighted by molar-refractivity contribution is 5.05. The van der Waals surface area contributed by atoms with Crippen molar-refractivity contribution < 1.29 is 0 Å². The van der Waals surface area contributed by atoms with Gasteiger partial charge in [-0.05, 0) is 0 Å². The Bertz CT molecular complexity index is 68.0. The predicted molar refractivity (Wildman–Crippen MR) is 40.8 cm³/mol. The Morgan fingerprint density at radius 1 is 0.750 bits per heavy atom. The lowest BCUT2D eigenvalue weighted by Gasteiger charge is -1.60. The zero-order valence-electron chi connectivity index (χ0n) is 5.14. The first-order chi connectivity index (χ1) is 3.91. The van der Waals surface area contributed by atoms with Gasteiger partial charge in [0, 0.05) is 0 Å². The van der Waals surface area contributed by atoms with Crippen molar-refractivity contribution in [3.63, 3.8) is 0 Å². The molecule has 0 bridgehead atoms. The highest BCUT2D eigenvalue weighted by Gasteiger charge is 1.47. The second-order valence-electron chi connectivity index (χ2n) is 0.856. The van der Waals surface area contributed by atoms with Gasteiger partial charge in [-0.1, -0.05) is 37.5 Å². The third-order valence-corrected chi connectivity index (χ3v) is 0.383. The summed E-state index contributed by atoms with van der Waals surface area (Å²) in [7, 11) is 0. The van der Waals surface area contributed by atoms with Gasteiger partial charge in [-0.15, -0.1) is 13.2 Å². The Morgan fingerprint density at radius 2 is 1.00 bits per heavy atom. The standard InChI is InChI=1S/C6H8.C2H4/c1-3-5-6-4-2;1-2/h3-6H,1-2H2;1-2H2/b6-5-;. The molecule has 0 aromatic carbocycles. The molecule has 0 aliphatic heterocycles. The molecule has 0 heterocycles. The molecule has 0 fully saturated rings. The molecule has 0 heteroatoms. The van der Waals surface area contributed by atoms with E-state index in [0.717, 1.165) is 0 Å². The van der Waals surface area contributed by atoms with Crippen LogP contribution in [0.1, 0.15) is 0 Å². The molecule has 0 aliphatic rings. The SMILES string of the molecule is C=C.C=C/C=C\C=C. The van der Waals surface area contributed by atoms with E-state index in [0.29, 0.717) is 0 Å². The molecule has 0 rings (SSSR count). The maximum absolute atomic E-state index is 3.46. The van der Waals surface area contributed by atoms with Gasteiger partial charge in [0.2, 0.25) is 0 Å². The van der Waals surface area contributed by atoms with Gasteiger partial charge in [0.25, 0.3) is 0 Å². The van der Waals surface area contributed by atoms with Crippen LogP contribution in [0.2, 0.25) is 0 Å². The van der Waals surface area contributed by atoms with Gasteiger partial charge < -0.3 is 0 Å². The van der Waals surface area contributed by atoms with Gasteiger partial charge in [0.05, 0.1) is 0 Å². The fourth-order valence-electron chi connectivity index (χ4n) is 0.157. The molecule has 0 saturated carbocycles. The number of hydrogen-bond acceptors (Lipinski definition) is 0. The molecular formula is C8H12. The normalized spacial score (nSPS) is 7.00. The molecule has 0 nitrogen and oxygen atoms in total. The molecule has 0 spiro atoms. The van der Waals surface area contributed by atoms with E-state index in [1.165, 1.54) is 0 Å². The van der Waals surface area contributed by atoms with Crippen LogP contribution in [0.5, 0.6) is 0 Å². The van der Waals surface area contributed by atoms with Crippen molar-refractivity contribution in [2.45, 2.75) is 0 Å². The molecule has 0 aromatic rings. The summed E-state index contributed by atoms with van der Waals surface area (Å²) in [5.41, 5.74) is 0. The molecular weight excluding hydrogens is 96.1 g/mol. The van der Waals surface area contributed by atoms with Crippen LogP contribution in [0.25, 0.3) is 0 Å². The van der Waals surface area contributed by atoms with Gasteiger partial charge in [-0.25, -0.2) is 0 Å². The maximum Gasteiger partial charge on any atom is -0.0629 e. The van der Waals surface area contributed by atoms with Crippen LogP contribution in [0.3, 0.4) is 0 Å². The van der Waals surface area contributed by atoms with E-state index in [-0.39, 0.29) is 0 Å². The monoisotopic (exact) mass is 108 g/mol. The van der Waals surface area contributed by atoms with Crippen molar-refractivity contribution in [3.8, 4) is 0 Å². The van der Waals surface area contributed by atoms with E-state index >= 15 is 0 Å². The first kappa shape index (κ1) is 10.0. The van der Waals surface area contributed by atoms with Crippen molar-refractivity contribution in [1.82, 2.24) is 0 Å². The summed E-state index contributed by atoms with van der Waals surface area (Å²) in [6, 6.07) is 0. The molecule has 0 radical (unpaired) electrons. The van der Waals surface area contributed by atoms with Crippen molar-refractivity contribution in [3.05, 3.63) is 50.6 Å². The summed E-state index contributed by atoms with van der Waals surface area (Å²) < 4.78 is 0. The Hall–Kier alpha value is -1.04. The third-order valence-electron chi connectivity index (χ3n) is 0.383. The van der Waals surface area contributed by atoms with Gasteiger partial charge in [-0.2, -0.15) is 0 Å². The highest BCUT2D eigenvalue weighted by atomic mass is 13.5. The van der Waals surface area contributed by atoms with Crippen molar-refractivity contribution in [2.24, 2.45) is 0 Å². The maximum atomic E-state index is 3.46. The fraction of sp³-hybridized carbons (Fsp3) is 0. The Balaban J connectivity index is 0. The molecule has 0 aromatic heterocycles. The van der Waals surface area contributed by atoms with Gasteiger partial charge in [-0.3, -0.25) is 0 Å². The zero-order valence-corrected chi connectivity index (χ0v) is 5.14. The summed E-state index contributed by atoms with van der Waals surface area (Å²) in [6.45, 7) is 12.9. The third kappa shape index (κ3) is 20.2. The lowest BCUT2D eigenvalue weighted by molar-refractivity contribution is 1.98. The lowest BCUT2D eigenvalue weighted by atomic mass is 10.5. The highest BCUT2D eigenvalue weighted by Crippen LogP contribution is 1.69. The summed E-state index contributed by atoms with van der Waals surface area (Å²) in [6.07, 6.45) is 7.07. The van der Waals surface area contributed by atoms with Crippen LogP contribution < -0.4 is 0 Å². The average Bonchev–Trinajstić information content (AvgIpc) is 1.88. The Labute approximate surface area is 51.5 Å². The predicted octanol–water partition coefficient (Wildman–Crippen LogP) is 2.72. The number of rotatable bonds is 2. The summed E-state index contributed by atoms with van der Waals surface area (Å²) in [4.78, 5) is 0. The zero-order chi connectivity index (χ0) is 6.83. The van der Waals surface area contributed by atoms with E-state index in [4.69, 9.17) is 0 Å². The minimum Gasteiger partial charge on any atom is -0.106 e. The molecule has 0 aliphatic carbocycles. The molecule has 0 unspecified atom stereocenters. The lowest BCUT2D eigenvalue weighted by Crippen LogP contribution is -1.38. The van der Waals surface area contributed by atoms with Gasteiger partial charge in [0.15, 0.2) is 0 Å². The van der Waals surface area contributed by atoms with Crippen LogP contribution >= 0.6 is 0 Å². The van der Waals surface area contributed by atoms with Crippen molar-refractivity contribution in [2.75, 3.05) is 0 Å². The largest absolute Gasteiger partial charge is 0.106 e. The molecule has 0 saturated heterocycles. The average molecular weight is 108 g/mol. The van der Waals surface area contributed by atoms with Crippen LogP contribution in [0.4, 0.5) is 0 Å². The minimum absolute atomic E-state index is 1.71. The van der Waals surface area contributed by atoms with E-state index in [2.05, 4.69) is 26.3 Å². The van der Waals surface area contributed by atoms with Crippen LogP contribution in [0.15, 0.2) is 50.6 Å². The van der Waals surface area contributed by atoms with E-state index < -0.39 is 0 Å². The first-order valence-corrected chi connectivity index (χ1v) is 2.32. The fourth-order valence-corrected chi connectivity index (χ4v) is 0.157. The van der Waals surface area contributed by atoms with Gasteiger partial charge in [0.1, 0.15) is 0 Å². The quantitative estimate of drug-likeness (QED) is 0.377. The molecule has 0 amide bonds. The first-order valence-electron chi connectivity index (χ1n) is 2.32. The Morgan fingerprint density at radius 3 is 1.12 bits per heavy atom. The van der Waals surface area contributed by atoms with Crippen molar-refractivity contribution >= 4 is 0 Å². The second-order valence-corrected chi connectivity index (χ2v) is 0.856. The van der Waals surface area contributed by atoms with Crippen LogP contribution in [-0.2, 0) is 0 Å². The molecule has 0 N–H and O–H groups in total. The Kier molecular flexibility index (Phi) is 21.0. The summed E-state index contributed by atoms with van der Waals surface area (Å²) in [5, 5.41) is 0. The van der Waals surface area contributed by atoms with Crippen LogP contribution in [0, 0.1) is 0 Å². The minimum atomic E-state index is 1.71. The van der Waals surface area contributed by atoms with E-state index in [9.17, 15) is 0 Å². The molecule has 8 heavy (non-hydrogen) atoms. The van der Waals surface area contributed by atoms with E-state index in [1.54, 1.807) is 12.2 Å². The summed E-state index contributed by atoms with van der Waals surface area (Å²) in [5.74, 6) is 0. The van der Waals surface area contributed by atoms with Crippen LogP contribution in [-0.4, -0.2) is 0 Å². The smallest absolute Gasteiger partial charge is 0.0629 e.